The molecular weight excluding hydrogens is 618 g/mol. The van der Waals surface area contributed by atoms with Crippen LogP contribution in [0.25, 0.3) is 5.76 Å². The molecule has 222 valence electrons. The van der Waals surface area contributed by atoms with Crippen LogP contribution in [0.5, 0.6) is 5.75 Å². The number of hydrogen-bond acceptors (Lipinski definition) is 9. The third-order valence-corrected chi connectivity index (χ3v) is 9.51. The molecule has 5 aromatic rings. The summed E-state index contributed by atoms with van der Waals surface area (Å²) in [4.78, 5) is 28.2. The van der Waals surface area contributed by atoms with E-state index in [1.54, 1.807) is 43.3 Å². The number of aryl methyl sites for hydroxylation is 2. The molecule has 0 spiro atoms. The second-order valence-electron chi connectivity index (χ2n) is 10.1. The van der Waals surface area contributed by atoms with Crippen molar-refractivity contribution >= 4 is 57.3 Å². The Kier molecular flexibility index (Phi) is 8.56. The van der Waals surface area contributed by atoms with Crippen LogP contribution >= 0.6 is 34.7 Å². The molecule has 3 heterocycles. The van der Waals surface area contributed by atoms with E-state index in [9.17, 15) is 14.7 Å². The number of aliphatic hydroxyl groups excluding tert-OH is 1. The predicted molar refractivity (Wildman–Crippen MR) is 171 cm³/mol. The lowest BCUT2D eigenvalue weighted by atomic mass is 9.99. The Balaban J connectivity index is 1.28. The minimum absolute atomic E-state index is 0.0940. The molecule has 1 aliphatic heterocycles. The van der Waals surface area contributed by atoms with Gasteiger partial charge in [-0.25, -0.2) is 0 Å². The third-order valence-electron chi connectivity index (χ3n) is 7.14. The summed E-state index contributed by atoms with van der Waals surface area (Å²) in [5.74, 6) is 0.152. The zero-order valence-corrected chi connectivity index (χ0v) is 26.1. The molecule has 6 rings (SSSR count). The number of furan rings is 1. The van der Waals surface area contributed by atoms with Crippen LogP contribution in [0.15, 0.2) is 99.3 Å². The minimum Gasteiger partial charge on any atom is -0.507 e. The molecule has 0 bridgehead atoms. The summed E-state index contributed by atoms with van der Waals surface area (Å²) in [7, 11) is 0. The number of halogens is 1. The van der Waals surface area contributed by atoms with Crippen molar-refractivity contribution < 1.29 is 23.8 Å². The number of amides is 1. The minimum atomic E-state index is -1.03. The molecule has 0 radical (unpaired) electrons. The van der Waals surface area contributed by atoms with Crippen LogP contribution in [0.4, 0.5) is 5.13 Å². The maximum atomic E-state index is 13.5. The summed E-state index contributed by atoms with van der Waals surface area (Å²) in [6, 6.07) is 24.6. The van der Waals surface area contributed by atoms with Crippen LogP contribution in [0.3, 0.4) is 0 Å². The Bertz CT molecular complexity index is 1860. The first-order valence-corrected chi connectivity index (χ1v) is 15.8. The Hall–Kier alpha value is -4.38. The van der Waals surface area contributed by atoms with Crippen molar-refractivity contribution in [3.63, 3.8) is 0 Å². The van der Waals surface area contributed by atoms with Crippen LogP contribution in [0.1, 0.15) is 39.8 Å². The van der Waals surface area contributed by atoms with Gasteiger partial charge in [0.2, 0.25) is 5.13 Å². The largest absolute Gasteiger partial charge is 0.507 e. The molecule has 1 N–H and O–H groups in total. The van der Waals surface area contributed by atoms with Gasteiger partial charge in [0, 0.05) is 16.3 Å². The molecule has 1 unspecified atom stereocenters. The maximum Gasteiger partial charge on any atom is 0.302 e. The summed E-state index contributed by atoms with van der Waals surface area (Å²) in [5, 5.41) is 20.8. The normalized spacial score (nSPS) is 16.1. The second kappa shape index (κ2) is 12.7. The highest BCUT2D eigenvalue weighted by atomic mass is 35.5. The predicted octanol–water partition coefficient (Wildman–Crippen LogP) is 7.90. The van der Waals surface area contributed by atoms with E-state index in [0.717, 1.165) is 16.7 Å². The number of aromatic nitrogens is 2. The smallest absolute Gasteiger partial charge is 0.302 e. The van der Waals surface area contributed by atoms with Gasteiger partial charge in [-0.2, -0.15) is 0 Å². The SMILES string of the molecule is Cc1ccc(C2/C(=C(\O)c3ccc(OCc4ccccc4C)cc3)C(=O)C(=O)N2c2nnc(SCc3ccc(Cl)cc3)s2)o1. The van der Waals surface area contributed by atoms with E-state index in [-0.39, 0.29) is 16.5 Å². The summed E-state index contributed by atoms with van der Waals surface area (Å²) < 4.78 is 12.4. The lowest BCUT2D eigenvalue weighted by Gasteiger charge is -2.20. The van der Waals surface area contributed by atoms with E-state index >= 15 is 0 Å². The molecule has 1 amide bonds. The van der Waals surface area contributed by atoms with Crippen molar-refractivity contribution in [1.82, 2.24) is 10.2 Å². The lowest BCUT2D eigenvalue weighted by molar-refractivity contribution is -0.132. The Morgan fingerprint density at radius 2 is 1.75 bits per heavy atom. The van der Waals surface area contributed by atoms with Gasteiger partial charge in [-0.1, -0.05) is 71.1 Å². The summed E-state index contributed by atoms with van der Waals surface area (Å²) >= 11 is 8.63. The fourth-order valence-electron chi connectivity index (χ4n) is 4.78. The Morgan fingerprint density at radius 1 is 1.00 bits per heavy atom. The van der Waals surface area contributed by atoms with Crippen LogP contribution in [0.2, 0.25) is 5.02 Å². The average Bonchev–Trinajstić information content (AvgIpc) is 3.74. The van der Waals surface area contributed by atoms with Gasteiger partial charge in [0.05, 0.1) is 5.57 Å². The molecule has 8 nitrogen and oxygen atoms in total. The van der Waals surface area contributed by atoms with Crippen molar-refractivity contribution in [2.75, 3.05) is 4.90 Å². The first-order chi connectivity index (χ1) is 21.3. The molecule has 1 fully saturated rings. The van der Waals surface area contributed by atoms with Gasteiger partial charge in [0.1, 0.15) is 35.7 Å². The first-order valence-electron chi connectivity index (χ1n) is 13.6. The van der Waals surface area contributed by atoms with Gasteiger partial charge < -0.3 is 14.3 Å². The van der Waals surface area contributed by atoms with Gasteiger partial charge in [-0.15, -0.1) is 10.2 Å². The number of hydrogen-bond donors (Lipinski definition) is 1. The monoisotopic (exact) mass is 643 g/mol. The molecule has 0 saturated carbocycles. The van der Waals surface area contributed by atoms with E-state index in [1.807, 2.05) is 55.5 Å². The second-order valence-corrected chi connectivity index (χ2v) is 12.7. The number of aliphatic hydroxyl groups is 1. The number of benzene rings is 3. The summed E-state index contributed by atoms with van der Waals surface area (Å²) in [6.45, 7) is 4.18. The topological polar surface area (TPSA) is 106 Å². The van der Waals surface area contributed by atoms with E-state index in [2.05, 4.69) is 10.2 Å². The summed E-state index contributed by atoms with van der Waals surface area (Å²) in [5.41, 5.74) is 3.51. The van der Waals surface area contributed by atoms with Crippen molar-refractivity contribution in [2.45, 2.75) is 36.6 Å². The third kappa shape index (κ3) is 6.14. The van der Waals surface area contributed by atoms with Crippen molar-refractivity contribution in [2.24, 2.45) is 0 Å². The molecule has 1 atom stereocenters. The molecule has 2 aromatic heterocycles. The van der Waals surface area contributed by atoms with Crippen molar-refractivity contribution in [3.05, 3.63) is 129 Å². The van der Waals surface area contributed by atoms with Crippen molar-refractivity contribution in [1.29, 1.82) is 0 Å². The number of ether oxygens (including phenoxy) is 1. The molecule has 44 heavy (non-hydrogen) atoms. The number of ketones is 1. The standard InChI is InChI=1S/C33H26ClN3O5S2/c1-19-5-3-4-6-23(19)17-41-25-14-10-22(11-15-25)29(38)27-28(26-16-7-20(2)42-26)37(31(40)30(27)39)32-35-36-33(44-32)43-18-21-8-12-24(34)13-9-21/h3-16,28,38H,17-18H2,1-2H3/b29-27+. The highest BCUT2D eigenvalue weighted by Crippen LogP contribution is 2.44. The fourth-order valence-corrected chi connectivity index (χ4v) is 6.73. The Morgan fingerprint density at radius 3 is 2.45 bits per heavy atom. The van der Waals surface area contributed by atoms with Crippen molar-refractivity contribution in [3.8, 4) is 5.75 Å². The van der Waals surface area contributed by atoms with E-state index in [1.165, 1.54) is 28.0 Å². The van der Waals surface area contributed by atoms with Crippen LogP contribution in [-0.2, 0) is 21.9 Å². The van der Waals surface area contributed by atoms with Gasteiger partial charge in [-0.3, -0.25) is 14.5 Å². The number of carbonyl (C=O) groups is 2. The van der Waals surface area contributed by atoms with Crippen LogP contribution in [-0.4, -0.2) is 27.0 Å². The van der Waals surface area contributed by atoms with Gasteiger partial charge in [0.15, 0.2) is 4.34 Å². The number of nitrogens with zero attached hydrogens (tertiary/aromatic N) is 3. The lowest BCUT2D eigenvalue weighted by Crippen LogP contribution is -2.29. The number of carbonyl (C=O) groups excluding carboxylic acids is 2. The molecule has 0 aliphatic carbocycles. The van der Waals surface area contributed by atoms with Crippen LogP contribution in [0, 0.1) is 13.8 Å². The van der Waals surface area contributed by atoms with E-state index in [4.69, 9.17) is 20.8 Å². The highest BCUT2D eigenvalue weighted by molar-refractivity contribution is 8.00. The van der Waals surface area contributed by atoms with Gasteiger partial charge >= 0.3 is 5.91 Å². The van der Waals surface area contributed by atoms with E-state index in [0.29, 0.717) is 44.6 Å². The Labute approximate surface area is 267 Å². The molecule has 1 aliphatic rings. The molecular formula is C33H26ClN3O5S2. The summed E-state index contributed by atoms with van der Waals surface area (Å²) in [6.07, 6.45) is 0. The number of rotatable bonds is 9. The first kappa shape index (κ1) is 29.7. The highest BCUT2D eigenvalue weighted by Gasteiger charge is 2.49. The quantitative estimate of drug-likeness (QED) is 0.0568. The van der Waals surface area contributed by atoms with Gasteiger partial charge in [0.25, 0.3) is 5.78 Å². The average molecular weight is 644 g/mol. The fraction of sp³-hybridized carbons (Fsp3) is 0.152. The molecule has 11 heteroatoms. The molecule has 1 saturated heterocycles. The number of anilines is 1. The van der Waals surface area contributed by atoms with Gasteiger partial charge in [-0.05, 0) is 79.1 Å². The number of Topliss-reactive ketones (excluding diaryl/α,β-unsaturated/α-hetero) is 1. The van der Waals surface area contributed by atoms with E-state index < -0.39 is 17.7 Å². The maximum absolute atomic E-state index is 13.5. The van der Waals surface area contributed by atoms with Crippen LogP contribution < -0.4 is 9.64 Å². The number of thioether (sulfide) groups is 1. The zero-order valence-electron chi connectivity index (χ0n) is 23.7. The molecule has 3 aromatic carbocycles. The zero-order chi connectivity index (χ0) is 30.8.